The third kappa shape index (κ3) is 6.42. The average molecular weight is 500 g/mol. The molecule has 7 nitrogen and oxygen atoms in total. The van der Waals surface area contributed by atoms with E-state index in [-0.39, 0.29) is 23.8 Å². The number of rotatable bonds is 8. The van der Waals surface area contributed by atoms with Gasteiger partial charge < -0.3 is 15.6 Å². The van der Waals surface area contributed by atoms with E-state index in [9.17, 15) is 19.9 Å². The second kappa shape index (κ2) is 11.8. The SMILES string of the molecule is Cc1cc(/C(C[C@H](c2ccc(C(=O)NC3CCC(C(=O)O)CC3)cc2)c2ccccc2C)=N/O)ccn1. The first-order valence-electron chi connectivity index (χ1n) is 12.7. The van der Waals surface area contributed by atoms with E-state index >= 15 is 0 Å². The van der Waals surface area contributed by atoms with Gasteiger partial charge in [-0.15, -0.1) is 0 Å². The molecule has 2 aromatic carbocycles. The minimum absolute atomic E-state index is 0.00497. The monoisotopic (exact) mass is 499 g/mol. The number of benzene rings is 2. The molecule has 0 radical (unpaired) electrons. The van der Waals surface area contributed by atoms with Crippen LogP contribution >= 0.6 is 0 Å². The van der Waals surface area contributed by atoms with Gasteiger partial charge in [-0.05, 0) is 80.5 Å². The summed E-state index contributed by atoms with van der Waals surface area (Å²) in [4.78, 5) is 28.3. The second-order valence-corrected chi connectivity index (χ2v) is 9.83. The zero-order chi connectivity index (χ0) is 26.4. The van der Waals surface area contributed by atoms with Gasteiger partial charge in [-0.1, -0.05) is 41.6 Å². The van der Waals surface area contributed by atoms with Crippen LogP contribution in [0.5, 0.6) is 0 Å². The van der Waals surface area contributed by atoms with Gasteiger partial charge in [0.05, 0.1) is 11.6 Å². The molecule has 1 aliphatic rings. The van der Waals surface area contributed by atoms with Crippen molar-refractivity contribution in [1.82, 2.24) is 10.3 Å². The Balaban J connectivity index is 1.54. The largest absolute Gasteiger partial charge is 0.481 e. The van der Waals surface area contributed by atoms with Crippen molar-refractivity contribution in [2.75, 3.05) is 0 Å². The zero-order valence-corrected chi connectivity index (χ0v) is 21.2. The van der Waals surface area contributed by atoms with Crippen molar-refractivity contribution in [2.45, 2.75) is 57.9 Å². The molecule has 1 heterocycles. The number of carboxylic acid groups (broad SMARTS) is 1. The van der Waals surface area contributed by atoms with Crippen LogP contribution in [0.1, 0.15) is 76.3 Å². The molecule has 1 fully saturated rings. The fraction of sp³-hybridized carbons (Fsp3) is 0.333. The fourth-order valence-corrected chi connectivity index (χ4v) is 5.14. The first kappa shape index (κ1) is 26.1. The van der Waals surface area contributed by atoms with Crippen LogP contribution in [-0.2, 0) is 4.79 Å². The predicted octanol–water partition coefficient (Wildman–Crippen LogP) is 5.47. The number of pyridine rings is 1. The predicted molar refractivity (Wildman–Crippen MR) is 142 cm³/mol. The Morgan fingerprint density at radius 1 is 1.00 bits per heavy atom. The highest BCUT2D eigenvalue weighted by Gasteiger charge is 2.27. The molecule has 0 unspecified atom stereocenters. The van der Waals surface area contributed by atoms with Crippen molar-refractivity contribution in [1.29, 1.82) is 0 Å². The number of hydrogen-bond donors (Lipinski definition) is 3. The van der Waals surface area contributed by atoms with Gasteiger partial charge in [-0.3, -0.25) is 14.6 Å². The molecular formula is C30H33N3O4. The normalized spacial score (nSPS) is 18.7. The lowest BCUT2D eigenvalue weighted by atomic mass is 9.83. The minimum Gasteiger partial charge on any atom is -0.481 e. The summed E-state index contributed by atoms with van der Waals surface area (Å²) >= 11 is 0. The van der Waals surface area contributed by atoms with Crippen molar-refractivity contribution in [3.63, 3.8) is 0 Å². The summed E-state index contributed by atoms with van der Waals surface area (Å²) in [5.74, 6) is -1.29. The molecule has 0 aliphatic heterocycles. The molecule has 7 heteroatoms. The number of carbonyl (C=O) groups is 2. The Kier molecular flexibility index (Phi) is 8.33. The van der Waals surface area contributed by atoms with Crippen LogP contribution in [0, 0.1) is 19.8 Å². The first-order chi connectivity index (χ1) is 17.9. The zero-order valence-electron chi connectivity index (χ0n) is 21.2. The molecule has 1 aromatic heterocycles. The number of carbonyl (C=O) groups excluding carboxylic acids is 1. The van der Waals surface area contributed by atoms with Crippen molar-refractivity contribution >= 4 is 17.6 Å². The third-order valence-electron chi connectivity index (χ3n) is 7.30. The van der Waals surface area contributed by atoms with E-state index in [4.69, 9.17) is 0 Å². The number of nitrogens with zero attached hydrogens (tertiary/aromatic N) is 2. The Bertz CT molecular complexity index is 1280. The molecular weight excluding hydrogens is 466 g/mol. The standard InChI is InChI=1S/C30H33N3O4/c1-19-5-3-4-6-26(19)27(18-28(33-37)24-15-16-31-20(2)17-24)21-7-9-22(10-8-21)29(34)32-25-13-11-23(12-14-25)30(35)36/h3-10,15-17,23,25,27,37H,11-14,18H2,1-2H3,(H,32,34)(H,35,36)/b33-28+/t23?,25?,27-/m1/s1. The summed E-state index contributed by atoms with van der Waals surface area (Å²) in [5, 5.41) is 25.8. The summed E-state index contributed by atoms with van der Waals surface area (Å²) in [7, 11) is 0. The Morgan fingerprint density at radius 2 is 1.70 bits per heavy atom. The summed E-state index contributed by atoms with van der Waals surface area (Å²) in [6, 6.07) is 19.5. The fourth-order valence-electron chi connectivity index (χ4n) is 5.14. The number of nitrogens with one attached hydrogen (secondary N) is 1. The van der Waals surface area contributed by atoms with Crippen LogP contribution in [-0.4, -0.2) is 38.9 Å². The summed E-state index contributed by atoms with van der Waals surface area (Å²) < 4.78 is 0. The van der Waals surface area contributed by atoms with E-state index in [2.05, 4.69) is 34.5 Å². The smallest absolute Gasteiger partial charge is 0.306 e. The molecule has 0 bridgehead atoms. The Hall–Kier alpha value is -4.00. The lowest BCUT2D eigenvalue weighted by Gasteiger charge is -2.27. The number of oxime groups is 1. The van der Waals surface area contributed by atoms with Gasteiger partial charge in [0, 0.05) is 41.4 Å². The highest BCUT2D eigenvalue weighted by Crippen LogP contribution is 2.32. The third-order valence-corrected chi connectivity index (χ3v) is 7.30. The maximum Gasteiger partial charge on any atom is 0.306 e. The Morgan fingerprint density at radius 3 is 2.32 bits per heavy atom. The number of aliphatic carboxylic acids is 1. The van der Waals surface area contributed by atoms with Crippen molar-refractivity contribution in [3.05, 3.63) is 100 Å². The van der Waals surface area contributed by atoms with Gasteiger partial charge in [0.1, 0.15) is 0 Å². The summed E-state index contributed by atoms with van der Waals surface area (Å²) in [6.45, 7) is 3.97. The van der Waals surface area contributed by atoms with E-state index in [1.165, 1.54) is 0 Å². The van der Waals surface area contributed by atoms with Crippen molar-refractivity contribution < 1.29 is 19.9 Å². The molecule has 0 spiro atoms. The lowest BCUT2D eigenvalue weighted by Crippen LogP contribution is -2.38. The number of carboxylic acids is 1. The van der Waals surface area contributed by atoms with Crippen LogP contribution in [0.2, 0.25) is 0 Å². The molecule has 1 atom stereocenters. The first-order valence-corrected chi connectivity index (χ1v) is 12.7. The van der Waals surface area contributed by atoms with Gasteiger partial charge in [-0.2, -0.15) is 0 Å². The molecule has 0 saturated heterocycles. The number of aromatic nitrogens is 1. The van der Waals surface area contributed by atoms with Crippen LogP contribution < -0.4 is 5.32 Å². The highest BCUT2D eigenvalue weighted by molar-refractivity contribution is 6.01. The molecule has 1 saturated carbocycles. The van der Waals surface area contributed by atoms with E-state index in [0.29, 0.717) is 43.4 Å². The van der Waals surface area contributed by atoms with Crippen LogP contribution in [0.4, 0.5) is 0 Å². The number of hydrogen-bond acceptors (Lipinski definition) is 5. The van der Waals surface area contributed by atoms with Crippen molar-refractivity contribution in [3.8, 4) is 0 Å². The van der Waals surface area contributed by atoms with Crippen LogP contribution in [0.15, 0.2) is 72.0 Å². The number of amides is 1. The van der Waals surface area contributed by atoms with Gasteiger partial charge >= 0.3 is 5.97 Å². The topological polar surface area (TPSA) is 112 Å². The maximum atomic E-state index is 12.9. The molecule has 1 aliphatic carbocycles. The second-order valence-electron chi connectivity index (χ2n) is 9.83. The number of aryl methyl sites for hydroxylation is 2. The molecule has 192 valence electrons. The average Bonchev–Trinajstić information content (AvgIpc) is 2.90. The lowest BCUT2D eigenvalue weighted by molar-refractivity contribution is -0.142. The van der Waals surface area contributed by atoms with Gasteiger partial charge in [0.15, 0.2) is 0 Å². The van der Waals surface area contributed by atoms with Gasteiger partial charge in [0.2, 0.25) is 0 Å². The van der Waals surface area contributed by atoms with Gasteiger partial charge in [-0.25, -0.2) is 0 Å². The quantitative estimate of drug-likeness (QED) is 0.216. The van der Waals surface area contributed by atoms with E-state index < -0.39 is 5.97 Å². The van der Waals surface area contributed by atoms with E-state index in [1.807, 2.05) is 55.5 Å². The van der Waals surface area contributed by atoms with Gasteiger partial charge in [0.25, 0.3) is 5.91 Å². The highest BCUT2D eigenvalue weighted by atomic mass is 16.4. The van der Waals surface area contributed by atoms with E-state index in [1.54, 1.807) is 6.20 Å². The molecule has 37 heavy (non-hydrogen) atoms. The maximum absolute atomic E-state index is 12.9. The minimum atomic E-state index is -0.753. The molecule has 3 N–H and O–H groups in total. The molecule has 1 amide bonds. The Labute approximate surface area is 217 Å². The van der Waals surface area contributed by atoms with Crippen LogP contribution in [0.25, 0.3) is 0 Å². The van der Waals surface area contributed by atoms with E-state index in [0.717, 1.165) is 27.9 Å². The van der Waals surface area contributed by atoms with Crippen molar-refractivity contribution in [2.24, 2.45) is 11.1 Å². The molecule has 3 aromatic rings. The summed E-state index contributed by atoms with van der Waals surface area (Å²) in [5.41, 5.74) is 6.07. The molecule has 4 rings (SSSR count). The summed E-state index contributed by atoms with van der Waals surface area (Å²) in [6.07, 6.45) is 4.71. The van der Waals surface area contributed by atoms with Crippen LogP contribution in [0.3, 0.4) is 0 Å².